The van der Waals surface area contributed by atoms with Crippen molar-refractivity contribution in [2.45, 2.75) is 6.42 Å². The minimum atomic E-state index is -0.481. The van der Waals surface area contributed by atoms with Gasteiger partial charge in [-0.15, -0.1) is 0 Å². The van der Waals surface area contributed by atoms with Crippen molar-refractivity contribution in [1.29, 1.82) is 0 Å². The second-order valence-corrected chi connectivity index (χ2v) is 4.67. The third-order valence-electron chi connectivity index (χ3n) is 2.95. The molecule has 0 saturated heterocycles. The molecule has 0 spiro atoms. The van der Waals surface area contributed by atoms with Crippen LogP contribution in [0.5, 0.6) is 17.2 Å². The number of hydrogen-bond acceptors (Lipinski definition) is 7. The zero-order valence-corrected chi connectivity index (χ0v) is 14.5. The maximum Gasteiger partial charge on any atom is 0.265 e. The number of carbonyl (C=O) groups is 2. The fraction of sp³-hybridized carbons (Fsp3) is 0.400. The minimum Gasteiger partial charge on any atom is -0.493 e. The Balaban J connectivity index is 2.68. The molecule has 0 heterocycles. The van der Waals surface area contributed by atoms with Crippen molar-refractivity contribution in [2.75, 3.05) is 40.3 Å². The van der Waals surface area contributed by atoms with Gasteiger partial charge in [-0.1, -0.05) is 5.16 Å². The van der Waals surface area contributed by atoms with Gasteiger partial charge in [0.15, 0.2) is 18.1 Å². The average Bonchev–Trinajstić information content (AvgIpc) is 2.60. The summed E-state index contributed by atoms with van der Waals surface area (Å²) in [4.78, 5) is 27.8. The lowest BCUT2D eigenvalue weighted by Crippen LogP contribution is -2.26. The van der Waals surface area contributed by atoms with E-state index in [0.717, 1.165) is 0 Å². The highest BCUT2D eigenvalue weighted by atomic mass is 16.6. The molecule has 1 aromatic rings. The van der Waals surface area contributed by atoms with Gasteiger partial charge in [0.05, 0.1) is 27.8 Å². The first-order valence-corrected chi connectivity index (χ1v) is 7.19. The Bertz CT molecular complexity index is 622. The maximum atomic E-state index is 11.9. The van der Waals surface area contributed by atoms with Gasteiger partial charge in [0.2, 0.25) is 11.7 Å². The summed E-state index contributed by atoms with van der Waals surface area (Å²) in [6.45, 7) is -0.384. The molecular formula is C15H22N4O6. The quantitative estimate of drug-likeness (QED) is 0.325. The molecule has 10 nitrogen and oxygen atoms in total. The molecule has 0 saturated carbocycles. The molecule has 2 amide bonds. The summed E-state index contributed by atoms with van der Waals surface area (Å²) in [5.74, 6) is 0.361. The Morgan fingerprint density at radius 2 is 1.68 bits per heavy atom. The number of methoxy groups -OCH3 is 3. The van der Waals surface area contributed by atoms with E-state index in [9.17, 15) is 9.59 Å². The number of hydrogen-bond donors (Lipinski definition) is 3. The number of amidine groups is 1. The Morgan fingerprint density at radius 1 is 1.08 bits per heavy atom. The van der Waals surface area contributed by atoms with E-state index in [4.69, 9.17) is 24.8 Å². The van der Waals surface area contributed by atoms with Crippen molar-refractivity contribution in [3.8, 4) is 17.2 Å². The monoisotopic (exact) mass is 354 g/mol. The number of carbonyl (C=O) groups excluding carboxylic acids is 2. The zero-order chi connectivity index (χ0) is 18.8. The maximum absolute atomic E-state index is 11.9. The molecule has 0 atom stereocenters. The molecule has 25 heavy (non-hydrogen) atoms. The SMILES string of the molecule is CNC(=O)CC(N)=NOCC(=O)Nc1cc(OC)c(OC)c(OC)c1. The highest BCUT2D eigenvalue weighted by molar-refractivity contribution is 5.98. The van der Waals surface area contributed by atoms with Crippen LogP contribution in [0.15, 0.2) is 17.3 Å². The van der Waals surface area contributed by atoms with Gasteiger partial charge in [-0.05, 0) is 0 Å². The largest absolute Gasteiger partial charge is 0.493 e. The molecule has 1 aromatic carbocycles. The normalized spacial score (nSPS) is 10.6. The molecule has 138 valence electrons. The lowest BCUT2D eigenvalue weighted by atomic mass is 10.2. The zero-order valence-electron chi connectivity index (χ0n) is 14.5. The van der Waals surface area contributed by atoms with Crippen LogP contribution in [0.3, 0.4) is 0 Å². The van der Waals surface area contributed by atoms with Gasteiger partial charge >= 0.3 is 0 Å². The van der Waals surface area contributed by atoms with Crippen LogP contribution in [0.2, 0.25) is 0 Å². The molecule has 0 aliphatic carbocycles. The Morgan fingerprint density at radius 3 is 2.16 bits per heavy atom. The summed E-state index contributed by atoms with van der Waals surface area (Å²) in [7, 11) is 5.89. The van der Waals surface area contributed by atoms with Crippen molar-refractivity contribution in [1.82, 2.24) is 5.32 Å². The number of benzene rings is 1. The Hall–Kier alpha value is -3.17. The van der Waals surface area contributed by atoms with Crippen LogP contribution in [0.4, 0.5) is 5.69 Å². The number of nitrogens with two attached hydrogens (primary N) is 1. The van der Waals surface area contributed by atoms with Crippen molar-refractivity contribution in [2.24, 2.45) is 10.9 Å². The first kappa shape index (κ1) is 19.9. The molecule has 0 aliphatic heterocycles. The van der Waals surface area contributed by atoms with Gasteiger partial charge in [0.1, 0.15) is 5.84 Å². The van der Waals surface area contributed by atoms with Gasteiger partial charge in [-0.2, -0.15) is 0 Å². The van der Waals surface area contributed by atoms with Gasteiger partial charge in [-0.25, -0.2) is 0 Å². The average molecular weight is 354 g/mol. The second-order valence-electron chi connectivity index (χ2n) is 4.67. The standard InChI is InChI=1S/C15H22N4O6/c1-17-13(20)7-12(16)19-25-8-14(21)18-9-5-10(22-2)15(24-4)11(6-9)23-3/h5-6H,7-8H2,1-4H3,(H2,16,19)(H,17,20)(H,18,21). The topological polar surface area (TPSA) is 134 Å². The van der Waals surface area contributed by atoms with E-state index in [2.05, 4.69) is 15.8 Å². The first-order valence-electron chi connectivity index (χ1n) is 7.19. The highest BCUT2D eigenvalue weighted by Gasteiger charge is 2.14. The molecule has 0 unspecified atom stereocenters. The molecule has 1 rings (SSSR count). The predicted molar refractivity (Wildman–Crippen MR) is 91.0 cm³/mol. The summed E-state index contributed by atoms with van der Waals surface area (Å²) in [6, 6.07) is 3.14. The fourth-order valence-corrected chi connectivity index (χ4v) is 1.81. The molecule has 0 bridgehead atoms. The summed E-state index contributed by atoms with van der Waals surface area (Å²) < 4.78 is 15.6. The number of anilines is 1. The predicted octanol–water partition coefficient (Wildman–Crippen LogP) is 0.0758. The first-order chi connectivity index (χ1) is 11.9. The third-order valence-corrected chi connectivity index (χ3v) is 2.95. The van der Waals surface area contributed by atoms with E-state index in [1.54, 1.807) is 12.1 Å². The number of nitrogens with zero attached hydrogens (tertiary/aromatic N) is 1. The van der Waals surface area contributed by atoms with Crippen LogP contribution >= 0.6 is 0 Å². The Labute approximate surface area is 145 Å². The molecule has 10 heteroatoms. The third kappa shape index (κ3) is 6.09. The van der Waals surface area contributed by atoms with Crippen LogP contribution in [0, 0.1) is 0 Å². The lowest BCUT2D eigenvalue weighted by molar-refractivity contribution is -0.120. The second kappa shape index (κ2) is 9.85. The number of rotatable bonds is 9. The number of ether oxygens (including phenoxy) is 3. The van der Waals surface area contributed by atoms with E-state index in [-0.39, 0.29) is 24.8 Å². The summed E-state index contributed by atoms with van der Waals surface area (Å²) in [5, 5.41) is 8.48. The van der Waals surface area contributed by atoms with E-state index in [1.807, 2.05) is 0 Å². The smallest absolute Gasteiger partial charge is 0.265 e. The van der Waals surface area contributed by atoms with Gasteiger partial charge < -0.3 is 35.4 Å². The minimum absolute atomic E-state index is 0.0417. The molecule has 0 fully saturated rings. The molecule has 4 N–H and O–H groups in total. The van der Waals surface area contributed by atoms with E-state index in [1.165, 1.54) is 28.4 Å². The van der Waals surface area contributed by atoms with E-state index >= 15 is 0 Å². The van der Waals surface area contributed by atoms with Crippen LogP contribution in [0.1, 0.15) is 6.42 Å². The summed E-state index contributed by atoms with van der Waals surface area (Å²) >= 11 is 0. The molecule has 0 aromatic heterocycles. The number of amides is 2. The highest BCUT2D eigenvalue weighted by Crippen LogP contribution is 2.39. The van der Waals surface area contributed by atoms with Crippen molar-refractivity contribution < 1.29 is 28.6 Å². The van der Waals surface area contributed by atoms with E-state index < -0.39 is 5.91 Å². The van der Waals surface area contributed by atoms with Crippen LogP contribution in [-0.2, 0) is 14.4 Å². The van der Waals surface area contributed by atoms with Crippen LogP contribution in [0.25, 0.3) is 0 Å². The summed E-state index contributed by atoms with van der Waals surface area (Å²) in [5.41, 5.74) is 5.90. The van der Waals surface area contributed by atoms with Gasteiger partial charge in [-0.3, -0.25) is 9.59 Å². The Kier molecular flexibility index (Phi) is 7.83. The van der Waals surface area contributed by atoms with Crippen LogP contribution < -0.4 is 30.6 Å². The van der Waals surface area contributed by atoms with Crippen molar-refractivity contribution in [3.05, 3.63) is 12.1 Å². The molecule has 0 radical (unpaired) electrons. The van der Waals surface area contributed by atoms with Crippen molar-refractivity contribution >= 4 is 23.3 Å². The number of nitrogens with one attached hydrogen (secondary N) is 2. The van der Waals surface area contributed by atoms with Gasteiger partial charge in [0, 0.05) is 24.9 Å². The van der Waals surface area contributed by atoms with Gasteiger partial charge in [0.25, 0.3) is 5.91 Å². The molecular weight excluding hydrogens is 332 g/mol. The fourth-order valence-electron chi connectivity index (χ4n) is 1.81. The van der Waals surface area contributed by atoms with Crippen molar-refractivity contribution in [3.63, 3.8) is 0 Å². The lowest BCUT2D eigenvalue weighted by Gasteiger charge is -2.14. The summed E-state index contributed by atoms with van der Waals surface area (Å²) in [6.07, 6.45) is -0.120. The molecule has 0 aliphatic rings. The van der Waals surface area contributed by atoms with E-state index in [0.29, 0.717) is 22.9 Å². The van der Waals surface area contributed by atoms with Crippen LogP contribution in [-0.4, -0.2) is 52.6 Å². The number of oxime groups is 1.